The molecule has 1 atom stereocenters. The number of amides is 1. The van der Waals surface area contributed by atoms with Gasteiger partial charge in [0, 0.05) is 31.9 Å². The highest BCUT2D eigenvalue weighted by atomic mass is 16.6. The largest absolute Gasteiger partial charge is 0.508 e. The van der Waals surface area contributed by atoms with E-state index < -0.39 is 17.6 Å². The number of carbonyl (C=O) groups is 2. The first-order valence-electron chi connectivity index (χ1n) is 11.9. The predicted octanol–water partition coefficient (Wildman–Crippen LogP) is 3.20. The number of benzene rings is 2. The molecule has 2 aromatic rings. The maximum absolute atomic E-state index is 13.5. The molecule has 1 unspecified atom stereocenters. The number of nitrogens with zero attached hydrogens (tertiary/aromatic N) is 2. The van der Waals surface area contributed by atoms with Crippen molar-refractivity contribution in [2.24, 2.45) is 0 Å². The summed E-state index contributed by atoms with van der Waals surface area (Å²) in [6, 6.07) is 12.6. The molecule has 34 heavy (non-hydrogen) atoms. The van der Waals surface area contributed by atoms with Crippen LogP contribution >= 0.6 is 0 Å². The fourth-order valence-electron chi connectivity index (χ4n) is 4.16. The SMILES string of the molecule is Cc1cccc(N2CCN(C(=O)C(Cc3ccc(O)cc3)NCC(=O)OC(C)(C)C)CC2)c1C. The first kappa shape index (κ1) is 25.6. The van der Waals surface area contributed by atoms with Crippen LogP contribution in [0.5, 0.6) is 5.75 Å². The van der Waals surface area contributed by atoms with Gasteiger partial charge in [-0.3, -0.25) is 14.9 Å². The van der Waals surface area contributed by atoms with E-state index in [9.17, 15) is 14.7 Å². The van der Waals surface area contributed by atoms with Crippen molar-refractivity contribution in [1.29, 1.82) is 0 Å². The molecule has 1 amide bonds. The smallest absolute Gasteiger partial charge is 0.320 e. The van der Waals surface area contributed by atoms with Gasteiger partial charge in [-0.2, -0.15) is 0 Å². The highest BCUT2D eigenvalue weighted by Gasteiger charge is 2.29. The zero-order valence-electron chi connectivity index (χ0n) is 20.9. The Morgan fingerprint density at radius 2 is 1.68 bits per heavy atom. The lowest BCUT2D eigenvalue weighted by molar-refractivity contribution is -0.153. The normalized spacial score (nSPS) is 15.2. The zero-order valence-corrected chi connectivity index (χ0v) is 20.9. The van der Waals surface area contributed by atoms with Crippen LogP contribution in [0.1, 0.15) is 37.5 Å². The maximum atomic E-state index is 13.5. The van der Waals surface area contributed by atoms with E-state index in [0.717, 1.165) is 18.7 Å². The Morgan fingerprint density at radius 1 is 1.03 bits per heavy atom. The van der Waals surface area contributed by atoms with E-state index in [1.165, 1.54) is 16.8 Å². The van der Waals surface area contributed by atoms with Crippen molar-refractivity contribution in [3.8, 4) is 5.75 Å². The molecule has 0 aromatic heterocycles. The molecule has 1 aliphatic heterocycles. The second kappa shape index (κ2) is 10.9. The monoisotopic (exact) mass is 467 g/mol. The van der Waals surface area contributed by atoms with Crippen molar-refractivity contribution in [2.45, 2.75) is 52.7 Å². The topological polar surface area (TPSA) is 82.1 Å². The average molecular weight is 468 g/mol. The van der Waals surface area contributed by atoms with Gasteiger partial charge in [-0.25, -0.2) is 0 Å². The lowest BCUT2D eigenvalue weighted by atomic mass is 10.0. The third-order valence-corrected chi connectivity index (χ3v) is 6.10. The molecule has 7 heteroatoms. The van der Waals surface area contributed by atoms with Crippen molar-refractivity contribution in [3.05, 3.63) is 59.2 Å². The summed E-state index contributed by atoms with van der Waals surface area (Å²) in [5.41, 5.74) is 4.07. The number of aromatic hydroxyl groups is 1. The molecule has 0 aliphatic carbocycles. The van der Waals surface area contributed by atoms with Crippen molar-refractivity contribution in [2.75, 3.05) is 37.6 Å². The minimum absolute atomic E-state index is 0.0303. The molecule has 1 fully saturated rings. The number of phenolic OH excluding ortho intramolecular Hbond substituents is 1. The molecule has 2 aromatic carbocycles. The molecular weight excluding hydrogens is 430 g/mol. The summed E-state index contributed by atoms with van der Waals surface area (Å²) in [6.07, 6.45) is 0.416. The predicted molar refractivity (Wildman–Crippen MR) is 134 cm³/mol. The number of carbonyl (C=O) groups excluding carboxylic acids is 2. The maximum Gasteiger partial charge on any atom is 0.320 e. The van der Waals surface area contributed by atoms with Gasteiger partial charge in [-0.05, 0) is 75.9 Å². The molecule has 3 rings (SSSR count). The summed E-state index contributed by atoms with van der Waals surface area (Å²) in [6.45, 7) is 12.4. The van der Waals surface area contributed by atoms with Gasteiger partial charge in [0.2, 0.25) is 5.91 Å². The Bertz CT molecular complexity index is 990. The van der Waals surface area contributed by atoms with Gasteiger partial charge < -0.3 is 19.6 Å². The van der Waals surface area contributed by atoms with E-state index in [1.807, 2.05) is 25.7 Å². The molecule has 2 N–H and O–H groups in total. The summed E-state index contributed by atoms with van der Waals surface area (Å²) in [5, 5.41) is 12.7. The molecule has 1 saturated heterocycles. The zero-order chi connectivity index (χ0) is 24.9. The molecule has 1 heterocycles. The van der Waals surface area contributed by atoms with Crippen LogP contribution in [-0.2, 0) is 20.7 Å². The van der Waals surface area contributed by atoms with Crippen molar-refractivity contribution in [3.63, 3.8) is 0 Å². The third-order valence-electron chi connectivity index (χ3n) is 6.10. The van der Waals surface area contributed by atoms with Crippen LogP contribution in [0, 0.1) is 13.8 Å². The van der Waals surface area contributed by atoms with Crippen LogP contribution in [0.15, 0.2) is 42.5 Å². The molecule has 7 nitrogen and oxygen atoms in total. The van der Waals surface area contributed by atoms with E-state index in [1.54, 1.807) is 24.3 Å². The molecule has 0 radical (unpaired) electrons. The first-order valence-corrected chi connectivity index (χ1v) is 11.9. The number of phenols is 1. The van der Waals surface area contributed by atoms with Gasteiger partial charge >= 0.3 is 5.97 Å². The molecule has 1 aliphatic rings. The van der Waals surface area contributed by atoms with Crippen LogP contribution in [0.25, 0.3) is 0 Å². The van der Waals surface area contributed by atoms with Crippen molar-refractivity contribution < 1.29 is 19.4 Å². The standard InChI is InChI=1S/C27H37N3O4/c1-19-7-6-8-24(20(19)2)29-13-15-30(16-14-29)26(33)23(17-21-9-11-22(31)12-10-21)28-18-25(32)34-27(3,4)5/h6-12,23,28,31H,13-18H2,1-5H3. The van der Waals surface area contributed by atoms with E-state index in [0.29, 0.717) is 19.5 Å². The summed E-state index contributed by atoms with van der Waals surface area (Å²) < 4.78 is 5.40. The van der Waals surface area contributed by atoms with Gasteiger partial charge in [-0.1, -0.05) is 24.3 Å². The number of anilines is 1. The number of hydrogen-bond acceptors (Lipinski definition) is 6. The van der Waals surface area contributed by atoms with Crippen LogP contribution in [0.3, 0.4) is 0 Å². The van der Waals surface area contributed by atoms with Crippen LogP contribution in [0.2, 0.25) is 0 Å². The van der Waals surface area contributed by atoms with Gasteiger partial charge in [-0.15, -0.1) is 0 Å². The van der Waals surface area contributed by atoms with Gasteiger partial charge in [0.05, 0.1) is 12.6 Å². The van der Waals surface area contributed by atoms with Crippen LogP contribution < -0.4 is 10.2 Å². The quantitative estimate of drug-likeness (QED) is 0.609. The van der Waals surface area contributed by atoms with E-state index in [2.05, 4.69) is 42.3 Å². The van der Waals surface area contributed by atoms with E-state index in [-0.39, 0.29) is 18.2 Å². The lowest BCUT2D eigenvalue weighted by Gasteiger charge is -2.38. The van der Waals surface area contributed by atoms with Crippen LogP contribution in [-0.4, -0.2) is 66.2 Å². The third kappa shape index (κ3) is 6.97. The van der Waals surface area contributed by atoms with Crippen molar-refractivity contribution in [1.82, 2.24) is 10.2 Å². The van der Waals surface area contributed by atoms with E-state index >= 15 is 0 Å². The fourth-order valence-corrected chi connectivity index (χ4v) is 4.16. The number of rotatable bonds is 7. The average Bonchev–Trinajstić information content (AvgIpc) is 2.78. The summed E-state index contributed by atoms with van der Waals surface area (Å²) in [4.78, 5) is 29.9. The van der Waals surface area contributed by atoms with Crippen molar-refractivity contribution >= 4 is 17.6 Å². The summed E-state index contributed by atoms with van der Waals surface area (Å²) in [5.74, 6) is -0.246. The second-order valence-corrected chi connectivity index (χ2v) is 9.92. The Hall–Kier alpha value is -3.06. The van der Waals surface area contributed by atoms with Gasteiger partial charge in [0.15, 0.2) is 0 Å². The number of esters is 1. The fraction of sp³-hybridized carbons (Fsp3) is 0.481. The molecule has 0 bridgehead atoms. The van der Waals surface area contributed by atoms with E-state index in [4.69, 9.17) is 4.74 Å². The summed E-state index contributed by atoms with van der Waals surface area (Å²) in [7, 11) is 0. The Balaban J connectivity index is 1.67. The highest BCUT2D eigenvalue weighted by molar-refractivity contribution is 5.83. The highest BCUT2D eigenvalue weighted by Crippen LogP contribution is 2.24. The van der Waals surface area contributed by atoms with Gasteiger partial charge in [0.1, 0.15) is 11.4 Å². The van der Waals surface area contributed by atoms with Gasteiger partial charge in [0.25, 0.3) is 0 Å². The second-order valence-electron chi connectivity index (χ2n) is 9.92. The minimum atomic E-state index is -0.584. The Morgan fingerprint density at radius 3 is 2.29 bits per heavy atom. The molecular formula is C27H37N3O4. The number of nitrogens with one attached hydrogen (secondary N) is 1. The van der Waals surface area contributed by atoms with Crippen LogP contribution in [0.4, 0.5) is 5.69 Å². The number of aryl methyl sites for hydroxylation is 1. The molecule has 0 spiro atoms. The summed E-state index contributed by atoms with van der Waals surface area (Å²) >= 11 is 0. The number of ether oxygens (including phenoxy) is 1. The molecule has 184 valence electrons. The Kier molecular flexibility index (Phi) is 8.20. The Labute approximate surface area is 202 Å². The number of piperazine rings is 1. The lowest BCUT2D eigenvalue weighted by Crippen LogP contribution is -2.55. The molecule has 0 saturated carbocycles. The minimum Gasteiger partial charge on any atom is -0.508 e. The number of hydrogen-bond donors (Lipinski definition) is 2. The first-order chi connectivity index (χ1) is 16.0.